The molecule has 4 aliphatic heterocycles. The zero-order chi connectivity index (χ0) is 83.3. The average Bonchev–Trinajstić information content (AvgIpc) is 1.57. The summed E-state index contributed by atoms with van der Waals surface area (Å²) in [6.07, 6.45) is 12.7. The molecule has 2 aromatic carbocycles. The number of hydrogen-bond donors (Lipinski definition) is 2. The van der Waals surface area contributed by atoms with E-state index < -0.39 is 111 Å². The number of sulfonamides is 2. The van der Waals surface area contributed by atoms with Gasteiger partial charge in [-0.2, -0.15) is 9.97 Å². The van der Waals surface area contributed by atoms with Crippen LogP contribution in [0.25, 0.3) is 21.8 Å². The van der Waals surface area contributed by atoms with Gasteiger partial charge in [-0.05, 0) is 192 Å². The minimum atomic E-state index is -3.96. The number of Topliss-reactive ketones (excluding diaryl/α,β-unsaturated/α-hetero) is 2. The Morgan fingerprint density at radius 2 is 0.904 bits per heavy atom. The summed E-state index contributed by atoms with van der Waals surface area (Å²) in [6, 6.07) is 8.69. The molecule has 28 nitrogen and oxygen atoms in total. The lowest BCUT2D eigenvalue weighted by Crippen LogP contribution is -2.48. The number of ether oxygens (including phenoxy) is 6. The number of nitrogens with zero attached hydrogens (tertiary/aromatic N) is 8. The monoisotopic (exact) mass is 1620 g/mol. The summed E-state index contributed by atoms with van der Waals surface area (Å²) in [5.41, 5.74) is -2.92. The fourth-order valence-corrected chi connectivity index (χ4v) is 19.2. The predicted octanol–water partition coefficient (Wildman–Crippen LogP) is 10.8. The van der Waals surface area contributed by atoms with Crippen LogP contribution in [0.3, 0.4) is 0 Å². The smallest absolute Gasteiger partial charge is 0.307 e. The number of carbonyl (C=O) groups is 8. The van der Waals surface area contributed by atoms with E-state index in [0.717, 1.165) is 12.8 Å². The Balaban J connectivity index is 0.000000225. The van der Waals surface area contributed by atoms with Gasteiger partial charge < -0.3 is 48.0 Å². The third-order valence-electron chi connectivity index (χ3n) is 24.3. The molecule has 6 fully saturated rings. The Labute approximate surface area is 671 Å². The zero-order valence-corrected chi connectivity index (χ0v) is 71.2. The highest BCUT2D eigenvalue weighted by molar-refractivity contribution is 7.92. The van der Waals surface area contributed by atoms with E-state index in [0.29, 0.717) is 109 Å². The van der Waals surface area contributed by atoms with Crippen LogP contribution in [0.2, 0.25) is 0 Å². The van der Waals surface area contributed by atoms with Gasteiger partial charge in [-0.1, -0.05) is 52.0 Å². The molecular weight excluding hydrogens is 1500 g/mol. The van der Waals surface area contributed by atoms with E-state index in [1.165, 1.54) is 9.80 Å². The summed E-state index contributed by atoms with van der Waals surface area (Å²) in [4.78, 5) is 139. The first-order chi connectivity index (χ1) is 53.3. The summed E-state index contributed by atoms with van der Waals surface area (Å²) >= 11 is 0. The molecule has 114 heavy (non-hydrogen) atoms. The topological polar surface area (TPSA) is 349 Å². The molecule has 4 saturated carbocycles. The fraction of sp³-hybridized carbons (Fsp3) is 0.667. The molecule has 0 unspecified atom stereocenters. The van der Waals surface area contributed by atoms with Gasteiger partial charge in [-0.15, -0.1) is 0 Å². The molecule has 624 valence electrons. The van der Waals surface area contributed by atoms with E-state index in [1.807, 2.05) is 66.3 Å². The minimum absolute atomic E-state index is 0.0243. The van der Waals surface area contributed by atoms with Crippen LogP contribution in [0.5, 0.6) is 23.3 Å². The number of esters is 2. The Bertz CT molecular complexity index is 4370. The maximum atomic E-state index is 15.0. The van der Waals surface area contributed by atoms with Crippen molar-refractivity contribution in [1.29, 1.82) is 0 Å². The van der Waals surface area contributed by atoms with Crippen molar-refractivity contribution in [1.82, 2.24) is 39.2 Å². The van der Waals surface area contributed by atoms with Crippen molar-refractivity contribution < 1.29 is 83.6 Å². The molecule has 0 radical (unpaired) electrons. The van der Waals surface area contributed by atoms with Gasteiger partial charge in [0.25, 0.3) is 0 Å². The van der Waals surface area contributed by atoms with E-state index in [1.54, 1.807) is 116 Å². The van der Waals surface area contributed by atoms with Gasteiger partial charge >= 0.3 is 11.9 Å². The number of benzene rings is 2. The highest BCUT2D eigenvalue weighted by Gasteiger charge is 2.65. The second-order valence-electron chi connectivity index (χ2n) is 36.6. The lowest BCUT2D eigenvalue weighted by Gasteiger charge is -2.32. The van der Waals surface area contributed by atoms with E-state index in [9.17, 15) is 55.2 Å². The van der Waals surface area contributed by atoms with Crippen LogP contribution in [-0.2, 0) is 67.9 Å². The largest absolute Gasteiger partial charge is 0.497 e. The first-order valence-electron chi connectivity index (χ1n) is 40.3. The lowest BCUT2D eigenvalue weighted by atomic mass is 9.82. The molecule has 8 aliphatic rings. The highest BCUT2D eigenvalue weighted by atomic mass is 32.2. The van der Waals surface area contributed by atoms with E-state index in [-0.39, 0.29) is 122 Å². The molecule has 12 rings (SSSR count). The molecule has 6 heterocycles. The van der Waals surface area contributed by atoms with Gasteiger partial charge in [-0.25, -0.2) is 26.8 Å². The summed E-state index contributed by atoms with van der Waals surface area (Å²) in [6.45, 7) is 22.1. The Morgan fingerprint density at radius 3 is 1.23 bits per heavy atom. The highest BCUT2D eigenvalue weighted by Crippen LogP contribution is 2.59. The van der Waals surface area contributed by atoms with E-state index >= 15 is 0 Å². The standard InChI is InChI=1S/2C42H59N5O9S/c2*1-25-12-10-11-13-27-22-42(27,38(51)45-57(52,53)41(6)16-17-41)23-34(48)33-20-29(24-47(33)37(50)31(26(2)18-25)21-35(49)56-40(3,4)5)55-36-30-15-14-28(54-9)19-32(30)43-39(44-36)46(7)8/h2*11,13-15,19,25-27,29,31,33H,10,12,16-18,20-24H2,1-9H3,(H,45,51)/b2*13-11-/t25-,26+,27+,29+,31-,33-,42+;25-,26-,27-,29-,31+,33+,42-/m01/s1. The molecule has 30 heteroatoms. The van der Waals surface area contributed by atoms with Crippen molar-refractivity contribution in [2.24, 2.45) is 58.2 Å². The lowest BCUT2D eigenvalue weighted by molar-refractivity contribution is -0.160. The number of hydrogen-bond acceptors (Lipinski definition) is 24. The van der Waals surface area contributed by atoms with Gasteiger partial charge in [0.2, 0.25) is 67.3 Å². The molecule has 0 bridgehead atoms. The first-order valence-corrected chi connectivity index (χ1v) is 43.2. The summed E-state index contributed by atoms with van der Waals surface area (Å²) < 4.78 is 91.2. The number of carbonyl (C=O) groups excluding carboxylic acids is 8. The van der Waals surface area contributed by atoms with Gasteiger partial charge in [0.1, 0.15) is 34.9 Å². The molecule has 14 atom stereocenters. The van der Waals surface area contributed by atoms with E-state index in [2.05, 4.69) is 33.3 Å². The van der Waals surface area contributed by atoms with Crippen molar-refractivity contribution in [3.8, 4) is 23.3 Å². The van der Waals surface area contributed by atoms with Crippen LogP contribution in [0.1, 0.15) is 199 Å². The number of rotatable bonds is 18. The number of aromatic nitrogens is 4. The van der Waals surface area contributed by atoms with Crippen molar-refractivity contribution in [2.45, 2.75) is 244 Å². The first kappa shape index (κ1) is 86.3. The number of methoxy groups -OCH3 is 2. The van der Waals surface area contributed by atoms with Crippen molar-refractivity contribution in [3.05, 3.63) is 60.7 Å². The Kier molecular flexibility index (Phi) is 25.2. The third-order valence-corrected chi connectivity index (χ3v) is 28.6. The molecule has 4 aliphatic carbocycles. The van der Waals surface area contributed by atoms with Gasteiger partial charge in [0, 0.05) is 66.0 Å². The molecule has 0 spiro atoms. The van der Waals surface area contributed by atoms with Crippen LogP contribution in [-0.4, -0.2) is 194 Å². The maximum Gasteiger partial charge on any atom is 0.307 e. The molecule has 2 N–H and O–H groups in total. The number of nitrogens with one attached hydrogen (secondary N) is 2. The zero-order valence-electron chi connectivity index (χ0n) is 69.6. The Morgan fingerprint density at radius 1 is 0.544 bits per heavy atom. The molecular formula is C84H118N10O18S2. The van der Waals surface area contributed by atoms with Crippen LogP contribution in [0.4, 0.5) is 11.9 Å². The van der Waals surface area contributed by atoms with E-state index in [4.69, 9.17) is 38.4 Å². The van der Waals surface area contributed by atoms with Gasteiger partial charge in [-0.3, -0.25) is 47.8 Å². The second kappa shape index (κ2) is 33.2. The van der Waals surface area contributed by atoms with Crippen LogP contribution in [0.15, 0.2) is 60.7 Å². The number of amides is 4. The van der Waals surface area contributed by atoms with Crippen LogP contribution < -0.4 is 38.2 Å². The predicted molar refractivity (Wildman–Crippen MR) is 430 cm³/mol. The summed E-state index contributed by atoms with van der Waals surface area (Å²) in [5.74, 6) is -3.63. The summed E-state index contributed by atoms with van der Waals surface area (Å²) in [7, 11) is 2.45. The third kappa shape index (κ3) is 19.6. The SMILES string of the molecule is COc1ccc2c(O[C@@H]3C[C@H]4C(=O)C[C@]5(C(=O)NS(=O)(=O)C6(C)CC6)C[C@H]5/C=C\CC[C@@H](C)C[C@@H](C)[C@H](CC(=O)OC(C)(C)C)C(=O)N4C3)nc(N(C)C)nc2c1.COc1ccc2c(O[C@@H]3C[C@H]4C(=O)C[C@]5(C(=O)NS(=O)(=O)C6(C)CC6)C[C@H]5/C=C\CC[C@H](C)C[C@@H](C)[C@H](CC(=O)OC(C)(C)C)C(=O)N4C3)nc(N(C)C)nc2c1. The van der Waals surface area contributed by atoms with Gasteiger partial charge in [0.15, 0.2) is 11.6 Å². The normalized spacial score (nSPS) is 29.6. The van der Waals surface area contributed by atoms with Crippen LogP contribution in [0, 0.1) is 58.2 Å². The molecule has 2 aromatic heterocycles. The molecule has 2 saturated heterocycles. The fourth-order valence-electron chi connectivity index (χ4n) is 16.6. The quantitative estimate of drug-likeness (QED) is 0.0690. The number of ketones is 2. The number of anilines is 2. The van der Waals surface area contributed by atoms with Crippen molar-refractivity contribution >= 4 is 101 Å². The maximum absolute atomic E-state index is 15.0. The Hall–Kier alpha value is -8.54. The van der Waals surface area contributed by atoms with Crippen LogP contribution >= 0.6 is 0 Å². The van der Waals surface area contributed by atoms with Crippen molar-refractivity contribution in [3.63, 3.8) is 0 Å². The number of allylic oxidation sites excluding steroid dienone is 4. The second-order valence-corrected chi connectivity index (χ2v) is 41.0. The van der Waals surface area contributed by atoms with Crippen molar-refractivity contribution in [2.75, 3.05) is 65.3 Å². The van der Waals surface area contributed by atoms with Gasteiger partial charge in [0.05, 0.1) is 106 Å². The number of fused-ring (bicyclic) bond motifs is 6. The summed E-state index contributed by atoms with van der Waals surface area (Å²) in [5, 5.41) is 1.23. The molecule has 4 aromatic rings. The molecule has 4 amide bonds. The average molecular weight is 1620 g/mol. The minimum Gasteiger partial charge on any atom is -0.497 e.